The van der Waals surface area contributed by atoms with Crippen LogP contribution in [0.5, 0.6) is 5.75 Å². The fourth-order valence-corrected chi connectivity index (χ4v) is 6.34. The Morgan fingerprint density at radius 1 is 1.08 bits per heavy atom. The van der Waals surface area contributed by atoms with E-state index in [0.717, 1.165) is 31.2 Å². The lowest BCUT2D eigenvalue weighted by molar-refractivity contribution is 0.0580. The number of fused-ring (bicyclic) bond motifs is 1. The molecule has 1 spiro atoms. The third-order valence-corrected chi connectivity index (χ3v) is 8.24. The number of carbonyl (C=O) groups excluding carboxylic acids is 2. The summed E-state index contributed by atoms with van der Waals surface area (Å²) in [5, 5.41) is 2.66. The zero-order valence-electron chi connectivity index (χ0n) is 20.8. The Morgan fingerprint density at radius 2 is 1.89 bits per heavy atom. The van der Waals surface area contributed by atoms with Crippen LogP contribution in [-0.2, 0) is 25.1 Å². The van der Waals surface area contributed by atoms with E-state index in [1.807, 2.05) is 39.8 Å². The largest absolute Gasteiger partial charge is 0.483 e. The molecule has 1 aromatic heterocycles. The van der Waals surface area contributed by atoms with E-state index in [1.54, 1.807) is 6.07 Å². The van der Waals surface area contributed by atoms with Crippen LogP contribution in [0.2, 0.25) is 5.02 Å². The monoisotopic (exact) mass is 535 g/mol. The van der Waals surface area contributed by atoms with Crippen LogP contribution in [0, 0.1) is 5.82 Å². The topological polar surface area (TPSA) is 80.6 Å². The SMILES string of the molecule is O=C(NCc1cccc(Cl)c1F)c1c2n3c(c(OCc4ccccc4)c1=O)C(=O)N1CCCC[C@]3(CC2)C1. The van der Waals surface area contributed by atoms with Crippen LogP contribution in [0.1, 0.15) is 63.4 Å². The van der Waals surface area contributed by atoms with Gasteiger partial charge in [-0.15, -0.1) is 0 Å². The van der Waals surface area contributed by atoms with Gasteiger partial charge in [0.1, 0.15) is 18.0 Å². The van der Waals surface area contributed by atoms with Gasteiger partial charge < -0.3 is 19.5 Å². The van der Waals surface area contributed by atoms with Gasteiger partial charge in [0.2, 0.25) is 5.43 Å². The van der Waals surface area contributed by atoms with E-state index in [2.05, 4.69) is 5.32 Å². The molecule has 1 fully saturated rings. The second-order valence-electron chi connectivity index (χ2n) is 10.2. The second-order valence-corrected chi connectivity index (χ2v) is 10.6. The van der Waals surface area contributed by atoms with Gasteiger partial charge >= 0.3 is 0 Å². The first-order chi connectivity index (χ1) is 18.4. The highest BCUT2D eigenvalue weighted by molar-refractivity contribution is 6.30. The molecule has 0 aliphatic carbocycles. The minimum Gasteiger partial charge on any atom is -0.483 e. The maximum absolute atomic E-state index is 14.4. The average Bonchev–Trinajstić information content (AvgIpc) is 3.16. The first-order valence-corrected chi connectivity index (χ1v) is 13.3. The van der Waals surface area contributed by atoms with Crippen LogP contribution in [0.4, 0.5) is 4.39 Å². The number of halogens is 2. The molecule has 2 amide bonds. The molecule has 1 saturated heterocycles. The number of carbonyl (C=O) groups is 2. The van der Waals surface area contributed by atoms with Gasteiger partial charge in [0.25, 0.3) is 11.8 Å². The minimum absolute atomic E-state index is 0.0402. The number of aromatic nitrogens is 1. The highest BCUT2D eigenvalue weighted by Gasteiger charge is 2.50. The molecule has 6 rings (SSSR count). The van der Waals surface area contributed by atoms with Crippen LogP contribution in [0.15, 0.2) is 53.3 Å². The Labute approximate surface area is 224 Å². The van der Waals surface area contributed by atoms with Crippen LogP contribution in [0.3, 0.4) is 0 Å². The van der Waals surface area contributed by atoms with Gasteiger partial charge in [0, 0.05) is 30.9 Å². The number of hydrogen-bond donors (Lipinski definition) is 1. The van der Waals surface area contributed by atoms with E-state index in [1.165, 1.54) is 12.1 Å². The fraction of sp³-hybridized carbons (Fsp3) is 0.345. The highest BCUT2D eigenvalue weighted by Crippen LogP contribution is 2.45. The van der Waals surface area contributed by atoms with E-state index < -0.39 is 17.2 Å². The third-order valence-electron chi connectivity index (χ3n) is 7.95. The summed E-state index contributed by atoms with van der Waals surface area (Å²) in [5.74, 6) is -1.57. The molecule has 4 heterocycles. The predicted molar refractivity (Wildman–Crippen MR) is 140 cm³/mol. The number of nitrogens with zero attached hydrogens (tertiary/aromatic N) is 2. The summed E-state index contributed by atoms with van der Waals surface area (Å²) >= 11 is 5.89. The van der Waals surface area contributed by atoms with E-state index in [9.17, 15) is 18.8 Å². The molecule has 1 atom stereocenters. The number of amides is 2. The summed E-state index contributed by atoms with van der Waals surface area (Å²) in [6.07, 6.45) is 3.92. The number of ether oxygens (including phenoxy) is 1. The molecular weight excluding hydrogens is 509 g/mol. The van der Waals surface area contributed by atoms with Crippen LogP contribution in [0.25, 0.3) is 0 Å². The Hall–Kier alpha value is -3.65. The lowest BCUT2D eigenvalue weighted by atomic mass is 9.89. The van der Waals surface area contributed by atoms with Gasteiger partial charge in [0.05, 0.1) is 10.6 Å². The minimum atomic E-state index is -0.621. The smallest absolute Gasteiger partial charge is 0.274 e. The number of benzene rings is 2. The van der Waals surface area contributed by atoms with Crippen molar-refractivity contribution in [1.29, 1.82) is 0 Å². The van der Waals surface area contributed by atoms with Crippen molar-refractivity contribution >= 4 is 23.4 Å². The normalized spacial score (nSPS) is 19.6. The Balaban J connectivity index is 1.45. The summed E-state index contributed by atoms with van der Waals surface area (Å²) in [6.45, 7) is 1.14. The second kappa shape index (κ2) is 9.58. The lowest BCUT2D eigenvalue weighted by Crippen LogP contribution is -2.52. The van der Waals surface area contributed by atoms with Crippen molar-refractivity contribution in [2.75, 3.05) is 13.1 Å². The first kappa shape index (κ1) is 24.7. The van der Waals surface area contributed by atoms with Gasteiger partial charge in [0.15, 0.2) is 11.4 Å². The maximum Gasteiger partial charge on any atom is 0.274 e. The van der Waals surface area contributed by atoms with Crippen molar-refractivity contribution in [3.63, 3.8) is 0 Å². The van der Waals surface area contributed by atoms with Crippen molar-refractivity contribution in [3.8, 4) is 5.75 Å². The lowest BCUT2D eigenvalue weighted by Gasteiger charge is -2.42. The van der Waals surface area contributed by atoms with Crippen molar-refractivity contribution < 1.29 is 18.7 Å². The molecule has 7 nitrogen and oxygen atoms in total. The number of rotatable bonds is 6. The maximum atomic E-state index is 14.4. The zero-order chi connectivity index (χ0) is 26.4. The van der Waals surface area contributed by atoms with Crippen molar-refractivity contribution in [1.82, 2.24) is 14.8 Å². The molecule has 0 radical (unpaired) electrons. The predicted octanol–water partition coefficient (Wildman–Crippen LogP) is 4.43. The van der Waals surface area contributed by atoms with Crippen LogP contribution in [-0.4, -0.2) is 34.4 Å². The van der Waals surface area contributed by atoms with Gasteiger partial charge in [-0.1, -0.05) is 54.1 Å². The molecule has 9 heteroatoms. The average molecular weight is 536 g/mol. The van der Waals surface area contributed by atoms with Crippen LogP contribution < -0.4 is 15.5 Å². The number of hydrogen-bond acceptors (Lipinski definition) is 4. The van der Waals surface area contributed by atoms with Gasteiger partial charge in [-0.25, -0.2) is 4.39 Å². The fourth-order valence-electron chi connectivity index (χ4n) is 6.14. The quantitative estimate of drug-likeness (QED) is 0.506. The van der Waals surface area contributed by atoms with Crippen LogP contribution >= 0.6 is 11.6 Å². The summed E-state index contributed by atoms with van der Waals surface area (Å²) in [4.78, 5) is 43.0. The molecule has 3 aliphatic rings. The molecule has 3 aromatic rings. The van der Waals surface area contributed by atoms with Crippen molar-refractivity contribution in [2.45, 2.75) is 50.8 Å². The standard InChI is InChI=1S/C29H27ClFN3O4/c30-20-10-6-9-19(23(20)31)15-32-27(36)22-21-11-13-29-12-4-5-14-33(17-29)28(37)24(34(21)29)26(25(22)35)38-16-18-7-2-1-3-8-18/h1-3,6-10H,4-5,11-17H2,(H,32,36)/t29-/m0/s1. The molecule has 0 unspecified atom stereocenters. The van der Waals surface area contributed by atoms with Gasteiger partial charge in [-0.3, -0.25) is 14.4 Å². The Kier molecular flexibility index (Phi) is 6.22. The number of pyridine rings is 1. The summed E-state index contributed by atoms with van der Waals surface area (Å²) in [7, 11) is 0. The Morgan fingerprint density at radius 3 is 2.71 bits per heavy atom. The molecule has 196 valence electrons. The number of nitrogens with one attached hydrogen (secondary N) is 1. The molecule has 2 aromatic carbocycles. The molecule has 1 N–H and O–H groups in total. The highest BCUT2D eigenvalue weighted by atomic mass is 35.5. The zero-order valence-corrected chi connectivity index (χ0v) is 21.5. The molecule has 3 aliphatic heterocycles. The summed E-state index contributed by atoms with van der Waals surface area (Å²) in [6, 6.07) is 13.9. The third kappa shape index (κ3) is 3.98. The van der Waals surface area contributed by atoms with Crippen molar-refractivity contribution in [2.24, 2.45) is 0 Å². The molecule has 2 bridgehead atoms. The molecule has 0 saturated carbocycles. The molecule has 38 heavy (non-hydrogen) atoms. The Bertz CT molecular complexity index is 1510. The van der Waals surface area contributed by atoms with E-state index >= 15 is 0 Å². The van der Waals surface area contributed by atoms with Gasteiger partial charge in [-0.05, 0) is 43.7 Å². The molecular formula is C29H27ClFN3O4. The summed E-state index contributed by atoms with van der Waals surface area (Å²) < 4.78 is 22.5. The van der Waals surface area contributed by atoms with Gasteiger partial charge in [-0.2, -0.15) is 0 Å². The van der Waals surface area contributed by atoms with E-state index in [0.29, 0.717) is 25.2 Å². The van der Waals surface area contributed by atoms with E-state index in [4.69, 9.17) is 16.3 Å². The first-order valence-electron chi connectivity index (χ1n) is 12.9. The van der Waals surface area contributed by atoms with Crippen molar-refractivity contribution in [3.05, 3.63) is 97.7 Å². The summed E-state index contributed by atoms with van der Waals surface area (Å²) in [5.41, 5.74) is 0.815. The van der Waals surface area contributed by atoms with E-state index in [-0.39, 0.29) is 52.2 Å².